The Balaban J connectivity index is 1.46. The summed E-state index contributed by atoms with van der Waals surface area (Å²) in [5, 5.41) is 4.60. The molecule has 0 heterocycles. The van der Waals surface area contributed by atoms with Crippen molar-refractivity contribution in [2.45, 2.75) is 126 Å². The van der Waals surface area contributed by atoms with Crippen LogP contribution in [-0.4, -0.2) is 59.8 Å². The van der Waals surface area contributed by atoms with Crippen molar-refractivity contribution in [1.29, 1.82) is 0 Å². The first-order valence-electron chi connectivity index (χ1n) is 19.3. The van der Waals surface area contributed by atoms with E-state index in [-0.39, 0.29) is 21.7 Å². The number of rotatable bonds is 12. The van der Waals surface area contributed by atoms with Crippen LogP contribution in [0, 0.1) is 0 Å². The molecule has 0 aliphatic rings. The molecule has 0 aliphatic carbocycles. The summed E-state index contributed by atoms with van der Waals surface area (Å²) in [6.07, 6.45) is 0. The van der Waals surface area contributed by atoms with Gasteiger partial charge < -0.3 is 0 Å². The Morgan fingerprint density at radius 1 is 0.278 bits per heavy atom. The van der Waals surface area contributed by atoms with Gasteiger partial charge in [0.15, 0.2) is 0 Å². The number of hydrogen-bond acceptors (Lipinski definition) is 0. The van der Waals surface area contributed by atoms with Gasteiger partial charge in [-0.05, 0) is 0 Å². The van der Waals surface area contributed by atoms with E-state index in [1.807, 2.05) is 0 Å². The van der Waals surface area contributed by atoms with Crippen molar-refractivity contribution in [3.63, 3.8) is 0 Å². The van der Waals surface area contributed by atoms with E-state index in [0.717, 1.165) is 21.3 Å². The van der Waals surface area contributed by atoms with Crippen LogP contribution in [0.25, 0.3) is 0 Å². The summed E-state index contributed by atoms with van der Waals surface area (Å²) < 4.78 is 6.00. The van der Waals surface area contributed by atoms with Gasteiger partial charge in [-0.1, -0.05) is 0 Å². The fraction of sp³-hybridized carbons (Fsp3) is 0.400. The maximum absolute atomic E-state index is 2.67. The third-order valence-electron chi connectivity index (χ3n) is 9.98. The Kier molecular flexibility index (Phi) is 14.6. The van der Waals surface area contributed by atoms with Crippen LogP contribution in [0.5, 0.6) is 0 Å². The van der Waals surface area contributed by atoms with Gasteiger partial charge in [0.2, 0.25) is 0 Å². The Labute approximate surface area is 354 Å². The second kappa shape index (κ2) is 18.2. The predicted molar refractivity (Wildman–Crippen MR) is 243 cm³/mol. The van der Waals surface area contributed by atoms with E-state index in [2.05, 4.69) is 192 Å². The average molecular weight is 979 g/mol. The quantitative estimate of drug-likeness (QED) is 0.110. The molecule has 286 valence electrons. The molecule has 0 unspecified atom stereocenters. The van der Waals surface area contributed by atoms with E-state index >= 15 is 0 Å². The average Bonchev–Trinajstić information content (AvgIpc) is 3.11. The molecular weight excluding hydrogens is 916 g/mol. The molecule has 0 N–H and O–H groups in total. The minimum absolute atomic E-state index is 0.182. The fourth-order valence-electron chi connectivity index (χ4n) is 6.18. The van der Waals surface area contributed by atoms with Crippen LogP contribution < -0.4 is 17.8 Å². The summed E-state index contributed by atoms with van der Waals surface area (Å²) in [7, 11) is 0. The van der Waals surface area contributed by atoms with E-state index in [4.69, 9.17) is 0 Å². The van der Waals surface area contributed by atoms with Gasteiger partial charge in [-0.15, -0.1) is 0 Å². The topological polar surface area (TPSA) is 0 Å². The van der Waals surface area contributed by atoms with Gasteiger partial charge in [-0.3, -0.25) is 0 Å². The van der Waals surface area contributed by atoms with Crippen LogP contribution in [0.1, 0.15) is 128 Å². The van der Waals surface area contributed by atoms with Crippen LogP contribution in [0.15, 0.2) is 109 Å². The normalized spacial score (nSPS) is 12.7. The molecule has 0 spiro atoms. The second-order valence-corrected chi connectivity index (χ2v) is 27.4. The standard InChI is InChI=1S/C50H62Se4/c1-47(2,3)39-13-21-43(22-14-39)51-31-35-29-37(33-53-45-25-17-41(18-26-45)49(7,8)9)38(34-54-46-27-19-42(20-28-46)50(10,11)12)30-36(35)32-52-44-23-15-40(16-24-44)48(4,5)6/h13-30H,31-34H2,1-12H3. The van der Waals surface area contributed by atoms with Crippen molar-refractivity contribution in [3.05, 3.63) is 154 Å². The van der Waals surface area contributed by atoms with Crippen molar-refractivity contribution in [2.24, 2.45) is 0 Å². The van der Waals surface area contributed by atoms with Crippen molar-refractivity contribution >= 4 is 77.7 Å². The van der Waals surface area contributed by atoms with Crippen molar-refractivity contribution in [1.82, 2.24) is 0 Å². The molecule has 0 radical (unpaired) electrons. The van der Waals surface area contributed by atoms with Gasteiger partial charge in [0, 0.05) is 0 Å². The Bertz CT molecular complexity index is 1650. The third-order valence-corrected chi connectivity index (χ3v) is 18.9. The van der Waals surface area contributed by atoms with Gasteiger partial charge in [-0.2, -0.15) is 0 Å². The summed E-state index contributed by atoms with van der Waals surface area (Å²) >= 11 is 1.55. The van der Waals surface area contributed by atoms with Gasteiger partial charge >= 0.3 is 357 Å². The van der Waals surface area contributed by atoms with Crippen LogP contribution in [0.4, 0.5) is 0 Å². The van der Waals surface area contributed by atoms with E-state index in [1.54, 1.807) is 22.3 Å². The molecule has 5 rings (SSSR count). The minimum atomic E-state index is 0.182. The van der Waals surface area contributed by atoms with Gasteiger partial charge in [0.1, 0.15) is 0 Å². The Hall–Kier alpha value is -1.82. The zero-order valence-electron chi connectivity index (χ0n) is 34.9. The van der Waals surface area contributed by atoms with Gasteiger partial charge in [0.05, 0.1) is 0 Å². The van der Waals surface area contributed by atoms with Crippen LogP contribution in [0.3, 0.4) is 0 Å². The van der Waals surface area contributed by atoms with Crippen LogP contribution >= 0.6 is 0 Å². The van der Waals surface area contributed by atoms with E-state index < -0.39 is 0 Å². The first-order valence-corrected chi connectivity index (χ1v) is 27.6. The zero-order valence-corrected chi connectivity index (χ0v) is 41.7. The molecule has 0 aliphatic heterocycles. The van der Waals surface area contributed by atoms with Crippen molar-refractivity contribution in [3.8, 4) is 0 Å². The SMILES string of the molecule is CC(C)(C)c1ccc([Se]Cc2cc(C[Se]c3ccc(C(C)(C)C)cc3)c(C[Se]c3ccc(C(C)(C)C)cc3)cc2C[Se]c2ccc(C(C)(C)C)cc2)cc1. The molecule has 0 nitrogen and oxygen atoms in total. The summed E-state index contributed by atoms with van der Waals surface area (Å²) in [5.41, 5.74) is 12.7. The van der Waals surface area contributed by atoms with Gasteiger partial charge in [0.25, 0.3) is 0 Å². The molecular formula is C50H62Se4. The molecule has 5 aromatic carbocycles. The fourth-order valence-corrected chi connectivity index (χ4v) is 13.9. The molecule has 0 atom stereocenters. The molecule has 0 fully saturated rings. The number of hydrogen-bond donors (Lipinski definition) is 0. The van der Waals surface area contributed by atoms with E-state index in [0.29, 0.717) is 59.8 Å². The van der Waals surface area contributed by atoms with Crippen molar-refractivity contribution in [2.75, 3.05) is 0 Å². The Morgan fingerprint density at radius 3 is 0.593 bits per heavy atom. The van der Waals surface area contributed by atoms with E-state index in [1.165, 1.54) is 40.1 Å². The van der Waals surface area contributed by atoms with E-state index in [9.17, 15) is 0 Å². The second-order valence-electron chi connectivity index (χ2n) is 18.6. The molecule has 0 bridgehead atoms. The Morgan fingerprint density at radius 2 is 0.444 bits per heavy atom. The first-order chi connectivity index (χ1) is 25.3. The molecule has 0 aromatic heterocycles. The van der Waals surface area contributed by atoms with Crippen LogP contribution in [-0.2, 0) is 42.9 Å². The third kappa shape index (κ3) is 12.6. The molecule has 0 amide bonds. The predicted octanol–water partition coefficient (Wildman–Crippen LogP) is 9.00. The summed E-state index contributed by atoms with van der Waals surface area (Å²) in [4.78, 5) is 0. The van der Waals surface area contributed by atoms with Crippen molar-refractivity contribution < 1.29 is 0 Å². The summed E-state index contributed by atoms with van der Waals surface area (Å²) in [6.45, 7) is 27.7. The molecule has 0 saturated carbocycles. The molecule has 0 saturated heterocycles. The monoisotopic (exact) mass is 982 g/mol. The molecule has 5 aromatic rings. The first kappa shape index (κ1) is 43.3. The summed E-state index contributed by atoms with van der Waals surface area (Å²) in [6, 6.07) is 43.4. The molecule has 4 heteroatoms. The van der Waals surface area contributed by atoms with Crippen LogP contribution in [0.2, 0.25) is 0 Å². The summed E-state index contributed by atoms with van der Waals surface area (Å²) in [5.74, 6) is 0. The van der Waals surface area contributed by atoms with Gasteiger partial charge in [-0.25, -0.2) is 0 Å². The number of benzene rings is 5. The maximum atomic E-state index is 2.67. The molecule has 54 heavy (non-hydrogen) atoms. The zero-order chi connectivity index (χ0) is 39.3.